The lowest BCUT2D eigenvalue weighted by Crippen LogP contribution is -2.36. The summed E-state index contributed by atoms with van der Waals surface area (Å²) in [6.45, 7) is 3.72. The number of hydrogen-bond donors (Lipinski definition) is 4. The summed E-state index contributed by atoms with van der Waals surface area (Å²) in [5.41, 5.74) is 0.551. The Morgan fingerprint density at radius 1 is 1.12 bits per heavy atom. The predicted molar refractivity (Wildman–Crippen MR) is 152 cm³/mol. The van der Waals surface area contributed by atoms with Gasteiger partial charge in [0.1, 0.15) is 5.75 Å². The Labute approximate surface area is 240 Å². The molecule has 1 heterocycles. The van der Waals surface area contributed by atoms with E-state index in [1.807, 2.05) is 49.1 Å². The van der Waals surface area contributed by atoms with Crippen LogP contribution in [0.4, 0.5) is 11.4 Å². The summed E-state index contributed by atoms with van der Waals surface area (Å²) in [6.07, 6.45) is 0.633. The van der Waals surface area contributed by atoms with Gasteiger partial charge in [-0.15, -0.1) is 0 Å². The standard InChI is InChI=1S/C28H29BrN2O8S/c1-3-28(2)15-31(17-8-5-4-6-9-17)20-12-19(29)22(13-23(20)40(37,38)16-28)39-14-24(33)30-25(27(35)36)18-10-7-11-21(32)26(18)34/h4-13,25,32,34H,3,14-16H2,1-2H3,(H,30,33)(H,35,36). The largest absolute Gasteiger partial charge is 0.504 e. The fourth-order valence-electron chi connectivity index (χ4n) is 4.60. The Morgan fingerprint density at radius 3 is 2.48 bits per heavy atom. The molecule has 3 aromatic rings. The maximum atomic E-state index is 13.6. The fourth-order valence-corrected chi connectivity index (χ4v) is 7.18. The van der Waals surface area contributed by atoms with Gasteiger partial charge in [0, 0.05) is 23.9 Å². The number of ether oxygens (including phenoxy) is 1. The van der Waals surface area contributed by atoms with E-state index < -0.39 is 51.3 Å². The molecule has 212 valence electrons. The van der Waals surface area contributed by atoms with Crippen molar-refractivity contribution >= 4 is 49.0 Å². The lowest BCUT2D eigenvalue weighted by molar-refractivity contribution is -0.142. The van der Waals surface area contributed by atoms with Gasteiger partial charge in [0.2, 0.25) is 0 Å². The Bertz CT molecular complexity index is 1550. The van der Waals surface area contributed by atoms with Crippen LogP contribution in [0.5, 0.6) is 17.2 Å². The van der Waals surface area contributed by atoms with Gasteiger partial charge in [-0.2, -0.15) is 0 Å². The summed E-state index contributed by atoms with van der Waals surface area (Å²) in [6, 6.07) is 14.6. The number of phenols is 2. The van der Waals surface area contributed by atoms with Crippen LogP contribution >= 0.6 is 15.9 Å². The molecule has 12 heteroatoms. The second-order valence-electron chi connectivity index (χ2n) is 9.94. The Hall–Kier alpha value is -3.77. The molecular weight excluding hydrogens is 604 g/mol. The number of carboxylic acids is 1. The molecule has 4 rings (SSSR count). The summed E-state index contributed by atoms with van der Waals surface area (Å²) >= 11 is 3.43. The molecule has 0 bridgehead atoms. The molecule has 0 aromatic heterocycles. The van der Waals surface area contributed by atoms with Crippen LogP contribution < -0.4 is 15.0 Å². The van der Waals surface area contributed by atoms with Gasteiger partial charge >= 0.3 is 5.97 Å². The number of amides is 1. The monoisotopic (exact) mass is 632 g/mol. The number of halogens is 1. The van der Waals surface area contributed by atoms with Gasteiger partial charge in [0.05, 0.1) is 20.8 Å². The molecule has 2 unspecified atom stereocenters. The fraction of sp³-hybridized carbons (Fsp3) is 0.286. The minimum Gasteiger partial charge on any atom is -0.504 e. The lowest BCUT2D eigenvalue weighted by atomic mass is 9.89. The van der Waals surface area contributed by atoms with Crippen LogP contribution in [-0.4, -0.2) is 54.5 Å². The van der Waals surface area contributed by atoms with Crippen LogP contribution in [0.3, 0.4) is 0 Å². The third-order valence-electron chi connectivity index (χ3n) is 6.91. The van der Waals surface area contributed by atoms with E-state index in [9.17, 15) is 33.3 Å². The number of carboxylic acid groups (broad SMARTS) is 1. The molecule has 1 aliphatic heterocycles. The summed E-state index contributed by atoms with van der Waals surface area (Å²) < 4.78 is 33.2. The third-order valence-corrected chi connectivity index (χ3v) is 9.60. The highest BCUT2D eigenvalue weighted by Crippen LogP contribution is 2.45. The van der Waals surface area contributed by atoms with Gasteiger partial charge in [-0.1, -0.05) is 44.2 Å². The van der Waals surface area contributed by atoms with E-state index >= 15 is 0 Å². The lowest BCUT2D eigenvalue weighted by Gasteiger charge is -2.33. The van der Waals surface area contributed by atoms with E-state index in [0.717, 1.165) is 5.69 Å². The number of rotatable bonds is 8. The number of phenolic OH excluding ortho intramolecular Hbond substituents is 2. The first-order chi connectivity index (χ1) is 18.8. The highest BCUT2D eigenvalue weighted by Gasteiger charge is 2.39. The zero-order chi connectivity index (χ0) is 29.2. The minimum atomic E-state index is -3.76. The van der Waals surface area contributed by atoms with E-state index in [2.05, 4.69) is 21.2 Å². The van der Waals surface area contributed by atoms with E-state index in [0.29, 0.717) is 23.1 Å². The van der Waals surface area contributed by atoms with Gasteiger partial charge in [-0.25, -0.2) is 13.2 Å². The molecule has 0 saturated heterocycles. The summed E-state index contributed by atoms with van der Waals surface area (Å²) in [5, 5.41) is 31.6. The molecule has 3 aromatic carbocycles. The van der Waals surface area contributed by atoms with Gasteiger partial charge in [0.15, 0.2) is 34.0 Å². The molecule has 0 saturated carbocycles. The highest BCUT2D eigenvalue weighted by molar-refractivity contribution is 9.10. The Balaban J connectivity index is 1.64. The average Bonchev–Trinajstić information content (AvgIpc) is 2.99. The number of aliphatic carboxylic acids is 1. The molecule has 1 amide bonds. The second kappa shape index (κ2) is 11.4. The van der Waals surface area contributed by atoms with Crippen molar-refractivity contribution in [3.8, 4) is 17.2 Å². The van der Waals surface area contributed by atoms with Crippen LogP contribution in [0.15, 0.2) is 70.0 Å². The van der Waals surface area contributed by atoms with Gasteiger partial charge in [0.25, 0.3) is 5.91 Å². The van der Waals surface area contributed by atoms with E-state index in [4.69, 9.17) is 4.74 Å². The number of para-hydroxylation sites is 2. The summed E-state index contributed by atoms with van der Waals surface area (Å²) in [4.78, 5) is 26.5. The van der Waals surface area contributed by atoms with Crippen molar-refractivity contribution in [3.05, 3.63) is 70.7 Å². The molecule has 0 spiro atoms. The molecule has 1 aliphatic rings. The first-order valence-corrected chi connectivity index (χ1v) is 14.8. The van der Waals surface area contributed by atoms with Crippen molar-refractivity contribution < 1.29 is 38.1 Å². The number of sulfone groups is 1. The average molecular weight is 634 g/mol. The van der Waals surface area contributed by atoms with E-state index in [1.54, 1.807) is 6.07 Å². The van der Waals surface area contributed by atoms with Crippen LogP contribution in [0.25, 0.3) is 0 Å². The summed E-state index contributed by atoms with van der Waals surface area (Å²) in [7, 11) is -3.76. The molecule has 2 atom stereocenters. The Morgan fingerprint density at radius 2 is 1.82 bits per heavy atom. The van der Waals surface area contributed by atoms with Gasteiger partial charge in [-0.3, -0.25) is 4.79 Å². The third kappa shape index (κ3) is 6.02. The maximum absolute atomic E-state index is 13.6. The van der Waals surface area contributed by atoms with Crippen LogP contribution in [0.1, 0.15) is 31.9 Å². The zero-order valence-corrected chi connectivity index (χ0v) is 24.2. The van der Waals surface area contributed by atoms with E-state index in [-0.39, 0.29) is 22.0 Å². The predicted octanol–water partition coefficient (Wildman–Crippen LogP) is 4.52. The number of anilines is 2. The first kappa shape index (κ1) is 29.2. The molecular formula is C28H29BrN2O8S. The first-order valence-electron chi connectivity index (χ1n) is 12.4. The van der Waals surface area contributed by atoms with Crippen molar-refractivity contribution in [3.63, 3.8) is 0 Å². The number of carbonyl (C=O) groups excluding carboxylic acids is 1. The number of fused-ring (bicyclic) bond motifs is 1. The minimum absolute atomic E-state index is 0.0558. The molecule has 0 aliphatic carbocycles. The van der Waals surface area contributed by atoms with Gasteiger partial charge < -0.3 is 30.3 Å². The van der Waals surface area contributed by atoms with Crippen LogP contribution in [-0.2, 0) is 19.4 Å². The maximum Gasteiger partial charge on any atom is 0.331 e. The highest BCUT2D eigenvalue weighted by atomic mass is 79.9. The van der Waals surface area contributed by atoms with Crippen molar-refractivity contribution in [2.24, 2.45) is 5.41 Å². The number of nitrogens with zero attached hydrogens (tertiary/aromatic N) is 1. The van der Waals surface area contributed by atoms with Crippen molar-refractivity contribution in [1.29, 1.82) is 0 Å². The van der Waals surface area contributed by atoms with Crippen LogP contribution in [0, 0.1) is 5.41 Å². The normalized spacial score (nSPS) is 18.7. The van der Waals surface area contributed by atoms with Crippen LogP contribution in [0.2, 0.25) is 0 Å². The molecule has 4 N–H and O–H groups in total. The van der Waals surface area contributed by atoms with Crippen molar-refractivity contribution in [2.45, 2.75) is 31.2 Å². The number of nitrogens with one attached hydrogen (secondary N) is 1. The topological polar surface area (TPSA) is 153 Å². The number of carbonyl (C=O) groups is 2. The molecule has 40 heavy (non-hydrogen) atoms. The molecule has 10 nitrogen and oxygen atoms in total. The number of hydrogen-bond acceptors (Lipinski definition) is 8. The number of aromatic hydroxyl groups is 2. The van der Waals surface area contributed by atoms with Crippen molar-refractivity contribution in [1.82, 2.24) is 5.32 Å². The Kier molecular flexibility index (Phi) is 8.31. The SMILES string of the molecule is CCC1(C)CN(c2ccccc2)c2cc(Br)c(OCC(=O)NC(C(=O)O)c3cccc(O)c3O)cc2S(=O)(=O)C1. The zero-order valence-electron chi connectivity index (χ0n) is 21.8. The number of benzene rings is 3. The molecule has 0 radical (unpaired) electrons. The smallest absolute Gasteiger partial charge is 0.331 e. The molecule has 0 fully saturated rings. The summed E-state index contributed by atoms with van der Waals surface area (Å²) in [5.74, 6) is -3.51. The second-order valence-corrected chi connectivity index (χ2v) is 12.8. The van der Waals surface area contributed by atoms with E-state index in [1.165, 1.54) is 24.3 Å². The van der Waals surface area contributed by atoms with Gasteiger partial charge in [-0.05, 0) is 52.0 Å². The quantitative estimate of drug-likeness (QED) is 0.262. The van der Waals surface area contributed by atoms with Crippen molar-refractivity contribution in [2.75, 3.05) is 23.8 Å².